The van der Waals surface area contributed by atoms with Crippen molar-refractivity contribution in [3.05, 3.63) is 47.5 Å². The number of ketones is 1. The zero-order valence-electron chi connectivity index (χ0n) is 15.5. The van der Waals surface area contributed by atoms with Crippen LogP contribution >= 0.6 is 11.8 Å². The van der Waals surface area contributed by atoms with Gasteiger partial charge in [-0.2, -0.15) is 3.71 Å². The number of hydrogen-bond donors (Lipinski definition) is 0. The summed E-state index contributed by atoms with van der Waals surface area (Å²) in [6, 6.07) is 10.1. The van der Waals surface area contributed by atoms with Gasteiger partial charge in [-0.1, -0.05) is 23.9 Å². The van der Waals surface area contributed by atoms with Crippen molar-refractivity contribution in [3.8, 4) is 5.75 Å². The van der Waals surface area contributed by atoms with Crippen LogP contribution in [0.4, 0.5) is 5.69 Å². The van der Waals surface area contributed by atoms with Crippen molar-refractivity contribution < 1.29 is 26.4 Å². The lowest BCUT2D eigenvalue weighted by molar-refractivity contribution is 0.0994. The molecule has 0 fully saturated rings. The number of carbonyl (C=O) groups excluding carboxylic acids is 1. The number of methoxy groups -OCH3 is 1. The number of fused-ring (bicyclic) bond motifs is 1. The van der Waals surface area contributed by atoms with Gasteiger partial charge in [-0.05, 0) is 36.2 Å². The summed E-state index contributed by atoms with van der Waals surface area (Å²) in [7, 11) is -6.74. The molecule has 0 radical (unpaired) electrons. The Morgan fingerprint density at radius 3 is 2.21 bits per heavy atom. The lowest BCUT2D eigenvalue weighted by Crippen LogP contribution is -2.35. The summed E-state index contributed by atoms with van der Waals surface area (Å²) >= 11 is 1.15. The second kappa shape index (κ2) is 7.41. The summed E-state index contributed by atoms with van der Waals surface area (Å²) in [5.41, 5.74) is 1.14. The summed E-state index contributed by atoms with van der Waals surface area (Å²) in [6.07, 6.45) is 2.44. The molecule has 0 bridgehead atoms. The molecule has 0 aliphatic heterocycles. The number of nitrogens with zero attached hydrogens (tertiary/aromatic N) is 1. The zero-order valence-corrected chi connectivity index (χ0v) is 17.9. The Hall–Kier alpha value is -2.04. The fraction of sp³-hybridized carbons (Fsp3) is 0.278. The van der Waals surface area contributed by atoms with Crippen LogP contribution in [0.25, 0.3) is 0 Å². The first-order valence-electron chi connectivity index (χ1n) is 8.24. The van der Waals surface area contributed by atoms with Gasteiger partial charge in [-0.15, -0.1) is 0 Å². The SMILES string of the molecule is COc1ccccc1Sc1cc2c(cc1N(S(C)(=O)=O)S(C)(=O)=O)CCC2=O. The third kappa shape index (κ3) is 4.03. The van der Waals surface area contributed by atoms with Gasteiger partial charge in [-0.25, -0.2) is 16.8 Å². The van der Waals surface area contributed by atoms with Crippen molar-refractivity contribution in [2.75, 3.05) is 23.3 Å². The van der Waals surface area contributed by atoms with Crippen molar-refractivity contribution in [3.63, 3.8) is 0 Å². The van der Waals surface area contributed by atoms with Crippen molar-refractivity contribution in [2.24, 2.45) is 0 Å². The van der Waals surface area contributed by atoms with Crippen molar-refractivity contribution >= 4 is 43.3 Å². The second-order valence-electron chi connectivity index (χ2n) is 6.38. The Morgan fingerprint density at radius 1 is 0.964 bits per heavy atom. The van der Waals surface area contributed by atoms with E-state index in [4.69, 9.17) is 4.74 Å². The van der Waals surface area contributed by atoms with E-state index >= 15 is 0 Å². The molecule has 2 aromatic carbocycles. The van der Waals surface area contributed by atoms with E-state index in [0.29, 0.717) is 43.2 Å². The first-order chi connectivity index (χ1) is 13.0. The number of carbonyl (C=O) groups is 1. The fourth-order valence-electron chi connectivity index (χ4n) is 3.11. The van der Waals surface area contributed by atoms with Crippen LogP contribution in [0.15, 0.2) is 46.2 Å². The highest BCUT2D eigenvalue weighted by molar-refractivity contribution is 8.09. The second-order valence-corrected chi connectivity index (χ2v) is 11.4. The number of Topliss-reactive ketones (excluding diaryl/α,β-unsaturated/α-hetero) is 1. The van der Waals surface area contributed by atoms with Crippen LogP contribution in [0.2, 0.25) is 0 Å². The van der Waals surface area contributed by atoms with Gasteiger partial charge in [0.25, 0.3) is 0 Å². The Kier molecular flexibility index (Phi) is 5.48. The van der Waals surface area contributed by atoms with E-state index in [0.717, 1.165) is 24.3 Å². The van der Waals surface area contributed by atoms with Crippen LogP contribution in [0.1, 0.15) is 22.3 Å². The molecule has 150 valence electrons. The maximum absolute atomic E-state index is 12.3. The Labute approximate surface area is 168 Å². The quantitative estimate of drug-likeness (QED) is 0.680. The van der Waals surface area contributed by atoms with Gasteiger partial charge in [0, 0.05) is 16.9 Å². The molecule has 2 aromatic rings. The topological polar surface area (TPSA) is 97.8 Å². The molecular weight excluding hydrogens is 422 g/mol. The highest BCUT2D eigenvalue weighted by Gasteiger charge is 2.32. The zero-order chi connectivity index (χ0) is 20.7. The molecule has 0 amide bonds. The van der Waals surface area contributed by atoms with Crippen LogP contribution in [0.5, 0.6) is 5.75 Å². The molecule has 1 aliphatic carbocycles. The fourth-order valence-corrected chi connectivity index (χ4v) is 7.28. The average Bonchev–Trinajstić information content (AvgIpc) is 2.93. The minimum atomic E-state index is -4.12. The molecule has 3 rings (SSSR count). The minimum absolute atomic E-state index is 0.00866. The van der Waals surface area contributed by atoms with Gasteiger partial charge in [0.2, 0.25) is 20.0 Å². The van der Waals surface area contributed by atoms with Gasteiger partial charge in [0.15, 0.2) is 5.78 Å². The van der Waals surface area contributed by atoms with E-state index in [9.17, 15) is 21.6 Å². The number of benzene rings is 2. The average molecular weight is 442 g/mol. The molecule has 0 atom stereocenters. The predicted molar refractivity (Wildman–Crippen MR) is 108 cm³/mol. The van der Waals surface area contributed by atoms with Crippen LogP contribution in [0.3, 0.4) is 0 Å². The van der Waals surface area contributed by atoms with Crippen molar-refractivity contribution in [1.82, 2.24) is 0 Å². The summed E-state index contributed by atoms with van der Waals surface area (Å²) in [4.78, 5) is 13.2. The standard InChI is InChI=1S/C18H19NO6S3/c1-25-16-6-4-5-7-17(16)26-18-11-13-12(8-9-15(13)20)10-14(18)19(27(2,21)22)28(3,23)24/h4-7,10-11H,8-9H2,1-3H3. The third-order valence-corrected chi connectivity index (χ3v) is 8.52. The maximum atomic E-state index is 12.3. The summed E-state index contributed by atoms with van der Waals surface area (Å²) in [5, 5.41) is 0. The molecule has 0 saturated carbocycles. The molecule has 10 heteroatoms. The molecule has 0 unspecified atom stereocenters. The van der Waals surface area contributed by atoms with Crippen LogP contribution < -0.4 is 8.45 Å². The van der Waals surface area contributed by atoms with Crippen LogP contribution in [0, 0.1) is 0 Å². The molecule has 0 spiro atoms. The number of aryl methyl sites for hydroxylation is 1. The van der Waals surface area contributed by atoms with Crippen LogP contribution in [-0.2, 0) is 26.5 Å². The minimum Gasteiger partial charge on any atom is -0.496 e. The molecule has 0 saturated heterocycles. The molecular formula is C18H19NO6S3. The monoisotopic (exact) mass is 441 g/mol. The molecule has 0 N–H and O–H groups in total. The third-order valence-electron chi connectivity index (χ3n) is 4.19. The summed E-state index contributed by atoms with van der Waals surface area (Å²) in [5.74, 6) is 0.504. The van der Waals surface area contributed by atoms with Crippen molar-refractivity contribution in [2.45, 2.75) is 22.6 Å². The lowest BCUT2D eigenvalue weighted by Gasteiger charge is -2.23. The van der Waals surface area contributed by atoms with E-state index in [2.05, 4.69) is 0 Å². The Morgan fingerprint density at radius 2 is 1.61 bits per heavy atom. The smallest absolute Gasteiger partial charge is 0.245 e. The van der Waals surface area contributed by atoms with Gasteiger partial charge < -0.3 is 4.74 Å². The number of rotatable bonds is 6. The van der Waals surface area contributed by atoms with Gasteiger partial charge >= 0.3 is 0 Å². The maximum Gasteiger partial charge on any atom is 0.245 e. The van der Waals surface area contributed by atoms with E-state index in [1.807, 2.05) is 0 Å². The summed E-state index contributed by atoms with van der Waals surface area (Å²) in [6.45, 7) is 0. The van der Waals surface area contributed by atoms with E-state index in [1.165, 1.54) is 13.2 Å². The number of ether oxygens (including phenoxy) is 1. The molecule has 1 aliphatic rings. The number of anilines is 1. The van der Waals surface area contributed by atoms with Gasteiger partial charge in [-0.3, -0.25) is 4.79 Å². The van der Waals surface area contributed by atoms with Crippen molar-refractivity contribution in [1.29, 1.82) is 0 Å². The Bertz CT molecular complexity index is 1120. The molecule has 0 heterocycles. The number of para-hydroxylation sites is 1. The lowest BCUT2D eigenvalue weighted by atomic mass is 10.1. The molecule has 28 heavy (non-hydrogen) atoms. The van der Waals surface area contributed by atoms with Gasteiger partial charge in [0.1, 0.15) is 5.75 Å². The number of hydrogen-bond acceptors (Lipinski definition) is 7. The Balaban J connectivity index is 2.26. The highest BCUT2D eigenvalue weighted by Crippen LogP contribution is 2.43. The normalized spacial score (nSPS) is 14.0. The largest absolute Gasteiger partial charge is 0.496 e. The van der Waals surface area contributed by atoms with Crippen LogP contribution in [-0.4, -0.2) is 42.2 Å². The first kappa shape index (κ1) is 20.7. The van der Waals surface area contributed by atoms with Gasteiger partial charge in [0.05, 0.1) is 30.2 Å². The molecule has 7 nitrogen and oxygen atoms in total. The molecule has 0 aromatic heterocycles. The van der Waals surface area contributed by atoms with E-state index in [-0.39, 0.29) is 11.5 Å². The summed E-state index contributed by atoms with van der Waals surface area (Å²) < 4.78 is 55.0. The number of sulfonamides is 2. The van der Waals surface area contributed by atoms with E-state index in [1.54, 1.807) is 30.3 Å². The first-order valence-corrected chi connectivity index (χ1v) is 12.7. The predicted octanol–water partition coefficient (Wildman–Crippen LogP) is 2.70. The highest BCUT2D eigenvalue weighted by atomic mass is 32.3. The van der Waals surface area contributed by atoms with E-state index < -0.39 is 20.0 Å².